The smallest absolute Gasteiger partial charge is 0.156 e. The highest BCUT2D eigenvalue weighted by atomic mass is 16.3. The van der Waals surface area contributed by atoms with Crippen LogP contribution in [0.5, 0.6) is 0 Å². The van der Waals surface area contributed by atoms with E-state index in [1.807, 2.05) is 6.92 Å². The lowest BCUT2D eigenvalue weighted by Gasteiger charge is -2.34. The number of rotatable bonds is 32. The molecule has 0 fully saturated rings. The predicted octanol–water partition coefficient (Wildman–Crippen LogP) is 21.7. The summed E-state index contributed by atoms with van der Waals surface area (Å²) in [6.07, 6.45) is 37.5. The minimum Gasteiger partial charge on any atom is -0.507 e. The second-order valence-corrected chi connectivity index (χ2v) is 22.7. The van der Waals surface area contributed by atoms with Crippen molar-refractivity contribution in [2.75, 3.05) is 0 Å². The molecule has 0 atom stereocenters. The molecule has 0 heterocycles. The summed E-state index contributed by atoms with van der Waals surface area (Å²) in [4.78, 5) is 12.1. The highest BCUT2D eigenvalue weighted by Crippen LogP contribution is 2.58. The number of hydrogen-bond acceptors (Lipinski definition) is 2. The van der Waals surface area contributed by atoms with E-state index in [0.29, 0.717) is 0 Å². The maximum Gasteiger partial charge on any atom is 0.156 e. The predicted molar refractivity (Wildman–Crippen MR) is 312 cm³/mol. The first-order chi connectivity index (χ1) is 35.1. The van der Waals surface area contributed by atoms with Crippen LogP contribution in [0.3, 0.4) is 0 Å². The summed E-state index contributed by atoms with van der Waals surface area (Å²) in [5.74, 6) is -0.113. The quantitative estimate of drug-likeness (QED) is 0.0265. The Morgan fingerprint density at radius 2 is 0.708 bits per heavy atom. The maximum atomic E-state index is 12.1. The summed E-state index contributed by atoms with van der Waals surface area (Å²) in [7, 11) is 0. The van der Waals surface area contributed by atoms with Gasteiger partial charge >= 0.3 is 0 Å². The average molecular weight is 968 g/mol. The van der Waals surface area contributed by atoms with Crippen molar-refractivity contribution in [2.24, 2.45) is 0 Å². The molecule has 0 bridgehead atoms. The van der Waals surface area contributed by atoms with E-state index in [1.54, 1.807) is 11.1 Å². The molecule has 0 radical (unpaired) electrons. The molecule has 1 N–H and O–H groups in total. The summed E-state index contributed by atoms with van der Waals surface area (Å²) in [5, 5.41) is 11.1. The number of aliphatic hydroxyl groups is 1. The van der Waals surface area contributed by atoms with Crippen LogP contribution in [0.4, 0.5) is 0 Å². The van der Waals surface area contributed by atoms with Gasteiger partial charge in [-0.25, -0.2) is 0 Å². The monoisotopic (exact) mass is 967 g/mol. The summed E-state index contributed by atoms with van der Waals surface area (Å²) < 4.78 is 0. The number of carbonyl (C=O) groups excluding carboxylic acids is 1. The fourth-order valence-corrected chi connectivity index (χ4v) is 13.1. The van der Waals surface area contributed by atoms with Crippen molar-refractivity contribution >= 4 is 11.5 Å². The van der Waals surface area contributed by atoms with Crippen molar-refractivity contribution in [3.8, 4) is 44.5 Å². The highest BCUT2D eigenvalue weighted by Gasteiger charge is 2.44. The first-order valence-electron chi connectivity index (χ1n) is 29.7. The molecule has 2 heteroatoms. The zero-order valence-corrected chi connectivity index (χ0v) is 46.4. The van der Waals surface area contributed by atoms with Crippen LogP contribution in [0, 0.1) is 13.8 Å². The summed E-state index contributed by atoms with van der Waals surface area (Å²) in [5.41, 5.74) is 19.9. The Hall–Kier alpha value is -4.69. The Labute approximate surface area is 439 Å². The molecule has 0 unspecified atom stereocenters. The van der Waals surface area contributed by atoms with Crippen molar-refractivity contribution in [3.63, 3.8) is 0 Å². The van der Waals surface area contributed by atoms with Crippen LogP contribution in [0.1, 0.15) is 253 Å². The van der Waals surface area contributed by atoms with Gasteiger partial charge in [-0.3, -0.25) is 4.79 Å². The van der Waals surface area contributed by atoms with Gasteiger partial charge in [0.05, 0.1) is 0 Å². The van der Waals surface area contributed by atoms with Crippen LogP contribution in [0.2, 0.25) is 0 Å². The van der Waals surface area contributed by atoms with E-state index in [4.69, 9.17) is 0 Å². The Kier molecular flexibility index (Phi) is 20.7. The Morgan fingerprint density at radius 3 is 1.07 bits per heavy atom. The van der Waals surface area contributed by atoms with Gasteiger partial charge in [0.1, 0.15) is 5.76 Å². The number of carbonyl (C=O) groups is 1. The van der Waals surface area contributed by atoms with Gasteiger partial charge in [-0.05, 0) is 143 Å². The molecule has 0 saturated heterocycles. The summed E-state index contributed by atoms with van der Waals surface area (Å²) in [6.45, 7) is 15.1. The molecule has 0 saturated carbocycles. The van der Waals surface area contributed by atoms with E-state index >= 15 is 0 Å². The lowest BCUT2D eigenvalue weighted by Crippen LogP contribution is -2.26. The standard InChI is InChI=1S/C70H94O2/c1-8-12-16-20-24-28-42-69(43-29-25-21-17-13-9-2)64-46-52(5)32-38-59(64)60-40-36-57(50-65(60)69)58-37-41-62-61-39-35-56(55-34-33-53(6)63(48-55)68(72)47-54(7)71)49-66(61)70(67(62)51-58,44-30-26-22-18-14-10-3)45-31-27-23-19-15-11-4/h32-41,46-51,72H,8-31,42-45H2,1-7H3/b68-47-. The van der Waals surface area contributed by atoms with Crippen molar-refractivity contribution < 1.29 is 9.90 Å². The van der Waals surface area contributed by atoms with Gasteiger partial charge in [0.15, 0.2) is 5.78 Å². The number of hydrogen-bond donors (Lipinski definition) is 1. The minimum absolute atomic E-state index is 0.0380. The Balaban J connectivity index is 1.34. The number of aliphatic hydroxyl groups excluding tert-OH is 1. The molecule has 2 aliphatic rings. The molecule has 5 aromatic carbocycles. The van der Waals surface area contributed by atoms with E-state index in [0.717, 1.165) is 29.5 Å². The van der Waals surface area contributed by atoms with E-state index in [1.165, 1.54) is 236 Å². The second kappa shape index (κ2) is 27.0. The maximum absolute atomic E-state index is 12.1. The van der Waals surface area contributed by atoms with Crippen LogP contribution in [0.25, 0.3) is 50.3 Å². The van der Waals surface area contributed by atoms with Gasteiger partial charge in [0.2, 0.25) is 0 Å². The van der Waals surface area contributed by atoms with Gasteiger partial charge in [0, 0.05) is 22.5 Å². The molecule has 0 amide bonds. The largest absolute Gasteiger partial charge is 0.507 e. The molecular weight excluding hydrogens is 873 g/mol. The van der Waals surface area contributed by atoms with Gasteiger partial charge in [-0.1, -0.05) is 254 Å². The van der Waals surface area contributed by atoms with Crippen LogP contribution in [0.15, 0.2) is 97.1 Å². The van der Waals surface area contributed by atoms with Crippen LogP contribution in [-0.2, 0) is 15.6 Å². The molecule has 0 aliphatic heterocycles. The molecule has 2 nitrogen and oxygen atoms in total. The zero-order chi connectivity index (χ0) is 50.9. The first kappa shape index (κ1) is 55.1. The second-order valence-electron chi connectivity index (χ2n) is 22.7. The van der Waals surface area contributed by atoms with E-state index in [2.05, 4.69) is 126 Å². The summed E-state index contributed by atoms with van der Waals surface area (Å²) >= 11 is 0. The van der Waals surface area contributed by atoms with E-state index < -0.39 is 0 Å². The number of unbranched alkanes of at least 4 members (excludes halogenated alkanes) is 20. The number of fused-ring (bicyclic) bond motifs is 6. The fourth-order valence-electron chi connectivity index (χ4n) is 13.1. The van der Waals surface area contributed by atoms with Gasteiger partial charge < -0.3 is 5.11 Å². The highest BCUT2D eigenvalue weighted by molar-refractivity contribution is 5.94. The first-order valence-corrected chi connectivity index (χ1v) is 29.7. The van der Waals surface area contributed by atoms with Crippen molar-refractivity contribution in [1.29, 1.82) is 0 Å². The van der Waals surface area contributed by atoms with Gasteiger partial charge in [-0.15, -0.1) is 0 Å². The van der Waals surface area contributed by atoms with Crippen LogP contribution in [-0.4, -0.2) is 10.9 Å². The lowest BCUT2D eigenvalue weighted by atomic mass is 9.69. The average Bonchev–Trinajstić information content (AvgIpc) is 3.80. The number of allylic oxidation sites excluding steroid dienone is 1. The minimum atomic E-state index is -0.151. The molecule has 386 valence electrons. The van der Waals surface area contributed by atoms with Crippen molar-refractivity contribution in [1.82, 2.24) is 0 Å². The van der Waals surface area contributed by atoms with Crippen LogP contribution >= 0.6 is 0 Å². The van der Waals surface area contributed by atoms with E-state index in [-0.39, 0.29) is 22.4 Å². The van der Waals surface area contributed by atoms with Crippen molar-refractivity contribution in [3.05, 3.63) is 136 Å². The van der Waals surface area contributed by atoms with Gasteiger partial charge in [0.25, 0.3) is 0 Å². The van der Waals surface area contributed by atoms with Crippen LogP contribution < -0.4 is 0 Å². The molecule has 7 rings (SSSR count). The Morgan fingerprint density at radius 1 is 0.403 bits per heavy atom. The topological polar surface area (TPSA) is 37.3 Å². The Bertz CT molecular complexity index is 2530. The number of ketones is 1. The van der Waals surface area contributed by atoms with E-state index in [9.17, 15) is 9.90 Å². The summed E-state index contributed by atoms with van der Waals surface area (Å²) in [6, 6.07) is 36.2. The molecule has 5 aromatic rings. The normalized spacial score (nSPS) is 14.1. The molecule has 2 aliphatic carbocycles. The molecule has 72 heavy (non-hydrogen) atoms. The third kappa shape index (κ3) is 13.0. The van der Waals surface area contributed by atoms with Crippen molar-refractivity contribution in [2.45, 2.75) is 239 Å². The number of aryl methyl sites for hydroxylation is 2. The lowest BCUT2D eigenvalue weighted by molar-refractivity contribution is -0.112. The number of benzene rings is 5. The third-order valence-electron chi connectivity index (χ3n) is 17.2. The fraction of sp³-hybridized carbons (Fsp3) is 0.529. The third-order valence-corrected chi connectivity index (χ3v) is 17.2. The molecule has 0 spiro atoms. The van der Waals surface area contributed by atoms with Gasteiger partial charge in [-0.2, -0.15) is 0 Å². The zero-order valence-electron chi connectivity index (χ0n) is 46.4. The molecule has 0 aromatic heterocycles. The SMILES string of the molecule is CCCCCCCCC1(CCCCCCCC)c2cc(C)ccc2-c2ccc(-c3ccc4c(c3)C(CCCCCCCC)(CCCCCCCC)c3cc(-c5ccc(C)c(/C(O)=C/C(C)=O)c5)ccc3-4)cc21. The molecular formula is C70H94O2.